The standard InChI is InChI=1S/C19H20ClN5/c1-13(2)15-5-9-17(10-6-15)23-18-12-22-25-19(24-18)21-11-14-3-7-16(20)8-4-14/h3-10,12-13H,11H2,1-2H3,(H2,21,23,24,25). The van der Waals surface area contributed by atoms with Crippen molar-refractivity contribution in [1.82, 2.24) is 15.2 Å². The van der Waals surface area contributed by atoms with Crippen LogP contribution in [0.3, 0.4) is 0 Å². The van der Waals surface area contributed by atoms with E-state index in [1.54, 1.807) is 6.20 Å². The van der Waals surface area contributed by atoms with E-state index in [9.17, 15) is 0 Å². The van der Waals surface area contributed by atoms with Crippen molar-refractivity contribution in [3.63, 3.8) is 0 Å². The van der Waals surface area contributed by atoms with E-state index in [0.29, 0.717) is 24.2 Å². The van der Waals surface area contributed by atoms with E-state index in [1.807, 2.05) is 36.4 Å². The second-order valence-corrected chi connectivity index (χ2v) is 6.48. The van der Waals surface area contributed by atoms with Crippen molar-refractivity contribution >= 4 is 29.1 Å². The van der Waals surface area contributed by atoms with Crippen molar-refractivity contribution in [2.75, 3.05) is 10.6 Å². The van der Waals surface area contributed by atoms with Crippen molar-refractivity contribution in [3.8, 4) is 0 Å². The van der Waals surface area contributed by atoms with Gasteiger partial charge in [0.25, 0.3) is 0 Å². The molecule has 0 aliphatic heterocycles. The van der Waals surface area contributed by atoms with Gasteiger partial charge in [-0.2, -0.15) is 10.1 Å². The summed E-state index contributed by atoms with van der Waals surface area (Å²) in [7, 11) is 0. The molecule has 0 spiro atoms. The summed E-state index contributed by atoms with van der Waals surface area (Å²) in [5, 5.41) is 15.1. The molecule has 0 amide bonds. The van der Waals surface area contributed by atoms with Crippen LogP contribution < -0.4 is 10.6 Å². The topological polar surface area (TPSA) is 62.7 Å². The van der Waals surface area contributed by atoms with Crippen molar-refractivity contribution < 1.29 is 0 Å². The van der Waals surface area contributed by atoms with Crippen molar-refractivity contribution in [3.05, 3.63) is 70.9 Å². The van der Waals surface area contributed by atoms with E-state index >= 15 is 0 Å². The minimum Gasteiger partial charge on any atom is -0.349 e. The lowest BCUT2D eigenvalue weighted by atomic mass is 10.0. The first kappa shape index (κ1) is 17.2. The van der Waals surface area contributed by atoms with Gasteiger partial charge in [0.1, 0.15) is 0 Å². The molecule has 0 fully saturated rings. The highest BCUT2D eigenvalue weighted by molar-refractivity contribution is 6.30. The zero-order valence-corrected chi connectivity index (χ0v) is 15.0. The average molecular weight is 354 g/mol. The molecule has 25 heavy (non-hydrogen) atoms. The summed E-state index contributed by atoms with van der Waals surface area (Å²) in [6.07, 6.45) is 1.60. The molecule has 0 radical (unpaired) electrons. The molecule has 0 atom stereocenters. The van der Waals surface area contributed by atoms with Gasteiger partial charge in [0.15, 0.2) is 5.82 Å². The molecule has 0 saturated carbocycles. The minimum atomic E-state index is 0.471. The summed E-state index contributed by atoms with van der Waals surface area (Å²) in [5.74, 6) is 1.63. The summed E-state index contributed by atoms with van der Waals surface area (Å²) in [5.41, 5.74) is 3.36. The Kier molecular flexibility index (Phi) is 5.46. The molecular formula is C19H20ClN5. The normalized spacial score (nSPS) is 10.7. The second kappa shape index (κ2) is 7.94. The van der Waals surface area contributed by atoms with Crippen LogP contribution in [0.1, 0.15) is 30.9 Å². The van der Waals surface area contributed by atoms with Gasteiger partial charge in [0.2, 0.25) is 5.95 Å². The number of rotatable bonds is 6. The van der Waals surface area contributed by atoms with Crippen LogP contribution in [-0.2, 0) is 6.54 Å². The average Bonchev–Trinajstić information content (AvgIpc) is 2.62. The Labute approximate surface area is 152 Å². The number of nitrogens with zero attached hydrogens (tertiary/aromatic N) is 3. The second-order valence-electron chi connectivity index (χ2n) is 6.05. The number of benzene rings is 2. The highest BCUT2D eigenvalue weighted by Gasteiger charge is 2.03. The number of aromatic nitrogens is 3. The van der Waals surface area contributed by atoms with Gasteiger partial charge in [-0.25, -0.2) is 0 Å². The van der Waals surface area contributed by atoms with Crippen LogP contribution in [0.15, 0.2) is 54.7 Å². The van der Waals surface area contributed by atoms with Crippen molar-refractivity contribution in [2.24, 2.45) is 0 Å². The van der Waals surface area contributed by atoms with Gasteiger partial charge in [-0.1, -0.05) is 49.7 Å². The van der Waals surface area contributed by atoms with Crippen LogP contribution in [-0.4, -0.2) is 15.2 Å². The van der Waals surface area contributed by atoms with Gasteiger partial charge in [0, 0.05) is 17.3 Å². The number of hydrogen-bond acceptors (Lipinski definition) is 5. The zero-order chi connectivity index (χ0) is 17.6. The van der Waals surface area contributed by atoms with Gasteiger partial charge in [-0.3, -0.25) is 0 Å². The SMILES string of the molecule is CC(C)c1ccc(Nc2cnnc(NCc3ccc(Cl)cc3)n2)cc1. The Morgan fingerprint density at radius 1 is 1.00 bits per heavy atom. The maximum Gasteiger partial charge on any atom is 0.244 e. The van der Waals surface area contributed by atoms with E-state index in [0.717, 1.165) is 16.3 Å². The summed E-state index contributed by atoms with van der Waals surface area (Å²) in [6.45, 7) is 4.95. The van der Waals surface area contributed by atoms with Gasteiger partial charge in [-0.05, 0) is 41.3 Å². The number of anilines is 3. The third-order valence-electron chi connectivity index (χ3n) is 3.77. The molecule has 3 aromatic rings. The summed E-state index contributed by atoms with van der Waals surface area (Å²) in [6, 6.07) is 15.9. The molecule has 2 aromatic carbocycles. The maximum atomic E-state index is 5.89. The van der Waals surface area contributed by atoms with Crippen molar-refractivity contribution in [1.29, 1.82) is 0 Å². The van der Waals surface area contributed by atoms with E-state index in [-0.39, 0.29) is 0 Å². The van der Waals surface area contributed by atoms with Crippen LogP contribution in [0, 0.1) is 0 Å². The van der Waals surface area contributed by atoms with Gasteiger partial charge < -0.3 is 10.6 Å². The van der Waals surface area contributed by atoms with E-state index < -0.39 is 0 Å². The molecule has 0 aliphatic rings. The molecule has 1 aromatic heterocycles. The third-order valence-corrected chi connectivity index (χ3v) is 4.02. The Hall–Kier alpha value is -2.66. The van der Waals surface area contributed by atoms with Crippen molar-refractivity contribution in [2.45, 2.75) is 26.3 Å². The smallest absolute Gasteiger partial charge is 0.244 e. The van der Waals surface area contributed by atoms with Gasteiger partial charge in [0.05, 0.1) is 6.20 Å². The van der Waals surface area contributed by atoms with Crippen LogP contribution in [0.2, 0.25) is 5.02 Å². The Morgan fingerprint density at radius 2 is 1.72 bits per heavy atom. The lowest BCUT2D eigenvalue weighted by molar-refractivity contribution is 0.867. The fourth-order valence-corrected chi connectivity index (χ4v) is 2.45. The highest BCUT2D eigenvalue weighted by atomic mass is 35.5. The van der Waals surface area contributed by atoms with Crippen LogP contribution in [0.4, 0.5) is 17.5 Å². The monoisotopic (exact) mass is 353 g/mol. The molecule has 0 aliphatic carbocycles. The zero-order valence-electron chi connectivity index (χ0n) is 14.2. The minimum absolute atomic E-state index is 0.471. The first-order valence-electron chi connectivity index (χ1n) is 8.15. The molecule has 128 valence electrons. The lowest BCUT2D eigenvalue weighted by Crippen LogP contribution is -2.06. The fourth-order valence-electron chi connectivity index (χ4n) is 2.32. The summed E-state index contributed by atoms with van der Waals surface area (Å²) in [4.78, 5) is 4.44. The van der Waals surface area contributed by atoms with Crippen LogP contribution >= 0.6 is 11.6 Å². The summed E-state index contributed by atoms with van der Waals surface area (Å²) < 4.78 is 0. The highest BCUT2D eigenvalue weighted by Crippen LogP contribution is 2.19. The number of nitrogens with one attached hydrogen (secondary N) is 2. The molecule has 0 unspecified atom stereocenters. The number of halogens is 1. The molecule has 1 heterocycles. The summed E-state index contributed by atoms with van der Waals surface area (Å²) >= 11 is 5.89. The third kappa shape index (κ3) is 4.90. The molecule has 5 nitrogen and oxygen atoms in total. The largest absolute Gasteiger partial charge is 0.349 e. The molecule has 6 heteroatoms. The Bertz CT molecular complexity index is 816. The Morgan fingerprint density at radius 3 is 2.40 bits per heavy atom. The molecule has 0 bridgehead atoms. The number of hydrogen-bond donors (Lipinski definition) is 2. The predicted octanol–water partition coefficient (Wildman–Crippen LogP) is 5.00. The molecular weight excluding hydrogens is 334 g/mol. The molecule has 3 rings (SSSR count). The fraction of sp³-hybridized carbons (Fsp3) is 0.211. The quantitative estimate of drug-likeness (QED) is 0.652. The van der Waals surface area contributed by atoms with Gasteiger partial charge in [-0.15, -0.1) is 5.10 Å². The predicted molar refractivity (Wildman–Crippen MR) is 102 cm³/mol. The maximum absolute atomic E-state index is 5.89. The molecule has 2 N–H and O–H groups in total. The van der Waals surface area contributed by atoms with Crippen LogP contribution in [0.25, 0.3) is 0 Å². The Balaban J connectivity index is 1.63. The van der Waals surface area contributed by atoms with Crippen LogP contribution in [0.5, 0.6) is 0 Å². The lowest BCUT2D eigenvalue weighted by Gasteiger charge is -2.09. The van der Waals surface area contributed by atoms with E-state index in [4.69, 9.17) is 11.6 Å². The van der Waals surface area contributed by atoms with E-state index in [1.165, 1.54) is 5.56 Å². The van der Waals surface area contributed by atoms with E-state index in [2.05, 4.69) is 51.8 Å². The first-order chi connectivity index (χ1) is 12.1. The molecule has 0 saturated heterocycles. The first-order valence-corrected chi connectivity index (χ1v) is 8.53. The van der Waals surface area contributed by atoms with Gasteiger partial charge >= 0.3 is 0 Å².